The van der Waals surface area contributed by atoms with Crippen molar-refractivity contribution >= 4 is 50.1 Å². The largest absolute Gasteiger partial charge is 0.456 e. The van der Waals surface area contributed by atoms with Crippen LogP contribution in [0.25, 0.3) is 49.8 Å². The van der Waals surface area contributed by atoms with Gasteiger partial charge in [-0.1, -0.05) is 107 Å². The quantitative estimate of drug-likeness (QED) is 0.182. The molecule has 2 aliphatic rings. The average molecular weight is 678 g/mol. The van der Waals surface area contributed by atoms with Crippen molar-refractivity contribution in [3.05, 3.63) is 155 Å². The summed E-state index contributed by atoms with van der Waals surface area (Å²) in [6.45, 7) is 11.7. The Morgan fingerprint density at radius 1 is 0.596 bits per heavy atom. The maximum atomic E-state index is 6.22. The number of pyridine rings is 1. The Bertz CT molecular complexity index is 2650. The van der Waals surface area contributed by atoms with Crippen LogP contribution in [-0.2, 0) is 10.8 Å². The number of hydrogen-bond donors (Lipinski definition) is 0. The molecular weight excluding hydrogens is 635 g/mol. The lowest BCUT2D eigenvalue weighted by Crippen LogP contribution is -2.34. The molecule has 256 valence electrons. The van der Waals surface area contributed by atoms with E-state index in [2.05, 4.69) is 138 Å². The molecule has 4 heteroatoms. The number of allylic oxidation sites excluding steroid dienone is 1. The monoisotopic (exact) mass is 677 g/mol. The third-order valence-corrected chi connectivity index (χ3v) is 11.5. The van der Waals surface area contributed by atoms with E-state index in [1.54, 1.807) is 0 Å². The van der Waals surface area contributed by atoms with Gasteiger partial charge in [0, 0.05) is 39.3 Å². The highest BCUT2D eigenvalue weighted by Crippen LogP contribution is 2.46. The number of furan rings is 1. The Morgan fingerprint density at radius 2 is 1.35 bits per heavy atom. The van der Waals surface area contributed by atoms with E-state index < -0.39 is 0 Å². The summed E-state index contributed by atoms with van der Waals surface area (Å²) in [5.41, 5.74) is 14.3. The Labute approximate surface area is 305 Å². The molecule has 0 saturated carbocycles. The van der Waals surface area contributed by atoms with Crippen LogP contribution in [0, 0.1) is 0 Å². The molecule has 0 radical (unpaired) electrons. The number of hydrogen-bond acceptors (Lipinski definition) is 4. The zero-order valence-electron chi connectivity index (χ0n) is 30.6. The highest BCUT2D eigenvalue weighted by atomic mass is 16.3. The lowest BCUT2D eigenvalue weighted by molar-refractivity contribution is 0.332. The van der Waals surface area contributed by atoms with Crippen molar-refractivity contribution in [2.24, 2.45) is 9.98 Å². The number of aliphatic imine (C=N–C) groups is 2. The topological polar surface area (TPSA) is 50.8 Å². The fourth-order valence-electron chi connectivity index (χ4n) is 8.21. The molecule has 2 aromatic heterocycles. The molecule has 0 bridgehead atoms. The first-order valence-corrected chi connectivity index (χ1v) is 18.6. The standard InChI is InChI=1S/C48H43N3O/c1-6-30-29-42(33-14-11-13-32(26-33)41-22-19-31-12-7-9-16-40(31)49-41)50-46(35-18-21-38-39(28-35)48(4,5)25-24-47(38,2)3)51-45(30)34-20-23-44-37(27-34)36-15-8-10-17-43(36)52-44/h7-23,26-28H,6,24-25,29H2,1-5H3. The van der Waals surface area contributed by atoms with Crippen LogP contribution in [0.3, 0.4) is 0 Å². The minimum atomic E-state index is 0.0699. The molecule has 0 spiro atoms. The van der Waals surface area contributed by atoms with E-state index in [-0.39, 0.29) is 10.8 Å². The molecule has 0 atom stereocenters. The van der Waals surface area contributed by atoms with Crippen LogP contribution < -0.4 is 0 Å². The first kappa shape index (κ1) is 32.3. The predicted molar refractivity (Wildman–Crippen MR) is 218 cm³/mol. The SMILES string of the molecule is CCC1=C(c2ccc3oc4ccccc4c3c2)N=C(c2ccc3c(c2)C(C)(C)CCC3(C)C)N=C(c2cccc(-c3ccc4ccccc4n3)c2)C1. The summed E-state index contributed by atoms with van der Waals surface area (Å²) in [6, 6.07) is 43.0. The van der Waals surface area contributed by atoms with Crippen molar-refractivity contribution in [3.8, 4) is 11.3 Å². The van der Waals surface area contributed by atoms with E-state index in [0.29, 0.717) is 6.42 Å². The zero-order valence-corrected chi connectivity index (χ0v) is 30.6. The number of benzene rings is 5. The second-order valence-electron chi connectivity index (χ2n) is 15.8. The molecule has 9 rings (SSSR count). The first-order valence-electron chi connectivity index (χ1n) is 18.6. The van der Waals surface area contributed by atoms with E-state index in [1.165, 1.54) is 23.1 Å². The number of para-hydroxylation sites is 2. The van der Waals surface area contributed by atoms with Crippen molar-refractivity contribution < 1.29 is 4.42 Å². The highest BCUT2D eigenvalue weighted by Gasteiger charge is 2.37. The van der Waals surface area contributed by atoms with Gasteiger partial charge in [0.1, 0.15) is 11.2 Å². The summed E-state index contributed by atoms with van der Waals surface area (Å²) in [5.74, 6) is 0.752. The third kappa shape index (κ3) is 5.58. The second kappa shape index (κ2) is 12.3. The van der Waals surface area contributed by atoms with Gasteiger partial charge in [-0.05, 0) is 101 Å². The van der Waals surface area contributed by atoms with Crippen molar-refractivity contribution in [3.63, 3.8) is 0 Å². The molecule has 3 heterocycles. The lowest BCUT2D eigenvalue weighted by atomic mass is 9.63. The molecule has 52 heavy (non-hydrogen) atoms. The van der Waals surface area contributed by atoms with Crippen LogP contribution in [0.4, 0.5) is 0 Å². The van der Waals surface area contributed by atoms with E-state index in [0.717, 1.165) is 90.9 Å². The van der Waals surface area contributed by atoms with Gasteiger partial charge in [0.15, 0.2) is 5.84 Å². The van der Waals surface area contributed by atoms with Crippen LogP contribution in [0.15, 0.2) is 141 Å². The van der Waals surface area contributed by atoms with Crippen molar-refractivity contribution in [2.75, 3.05) is 0 Å². The van der Waals surface area contributed by atoms with Crippen molar-refractivity contribution in [1.29, 1.82) is 0 Å². The summed E-state index contributed by atoms with van der Waals surface area (Å²) in [4.78, 5) is 16.0. The van der Waals surface area contributed by atoms with Crippen LogP contribution in [0.1, 0.15) is 88.1 Å². The van der Waals surface area contributed by atoms with Crippen molar-refractivity contribution in [1.82, 2.24) is 4.98 Å². The Kier molecular flexibility index (Phi) is 7.62. The van der Waals surface area contributed by atoms with Crippen LogP contribution in [0.2, 0.25) is 0 Å². The highest BCUT2D eigenvalue weighted by molar-refractivity contribution is 6.16. The average Bonchev–Trinajstić information content (AvgIpc) is 3.42. The summed E-state index contributed by atoms with van der Waals surface area (Å²) >= 11 is 0. The number of rotatable bonds is 5. The molecule has 1 aliphatic carbocycles. The van der Waals surface area contributed by atoms with Gasteiger partial charge in [-0.25, -0.2) is 15.0 Å². The molecule has 0 unspecified atom stereocenters. The molecule has 0 fully saturated rings. The van der Waals surface area contributed by atoms with Crippen molar-refractivity contribution in [2.45, 2.75) is 71.1 Å². The predicted octanol–water partition coefficient (Wildman–Crippen LogP) is 12.6. The maximum absolute atomic E-state index is 6.22. The number of aromatic nitrogens is 1. The van der Waals surface area contributed by atoms with E-state index in [4.69, 9.17) is 19.4 Å². The summed E-state index contributed by atoms with van der Waals surface area (Å²) in [7, 11) is 0. The van der Waals surface area contributed by atoms with Gasteiger partial charge in [0.2, 0.25) is 0 Å². The molecule has 0 N–H and O–H groups in total. The molecule has 1 aliphatic heterocycles. The van der Waals surface area contributed by atoms with Gasteiger partial charge < -0.3 is 4.42 Å². The van der Waals surface area contributed by atoms with Gasteiger partial charge in [0.25, 0.3) is 0 Å². The minimum absolute atomic E-state index is 0.0699. The Balaban J connectivity index is 1.22. The minimum Gasteiger partial charge on any atom is -0.456 e. The molecule has 0 amide bonds. The van der Waals surface area contributed by atoms with E-state index in [1.807, 2.05) is 18.2 Å². The van der Waals surface area contributed by atoms with Crippen LogP contribution in [0.5, 0.6) is 0 Å². The number of nitrogens with zero attached hydrogens (tertiary/aromatic N) is 3. The molecule has 5 aromatic carbocycles. The molecular formula is C48H43N3O. The smallest absolute Gasteiger partial charge is 0.160 e. The Morgan fingerprint density at radius 3 is 2.21 bits per heavy atom. The van der Waals surface area contributed by atoms with Crippen LogP contribution >= 0.6 is 0 Å². The maximum Gasteiger partial charge on any atom is 0.160 e. The lowest BCUT2D eigenvalue weighted by Gasteiger charge is -2.42. The summed E-state index contributed by atoms with van der Waals surface area (Å²) < 4.78 is 6.22. The second-order valence-corrected chi connectivity index (χ2v) is 15.8. The summed E-state index contributed by atoms with van der Waals surface area (Å²) in [6.07, 6.45) is 3.88. The number of amidine groups is 1. The fraction of sp³-hybridized carbons (Fsp3) is 0.229. The molecule has 0 saturated heterocycles. The normalized spacial score (nSPS) is 16.9. The zero-order chi connectivity index (χ0) is 35.6. The fourth-order valence-corrected chi connectivity index (χ4v) is 8.21. The van der Waals surface area contributed by atoms with Gasteiger partial charge in [0.05, 0.1) is 22.6 Å². The number of fused-ring (bicyclic) bond motifs is 5. The van der Waals surface area contributed by atoms with Gasteiger partial charge >= 0.3 is 0 Å². The molecule has 7 aromatic rings. The summed E-state index contributed by atoms with van der Waals surface area (Å²) in [5, 5.41) is 3.36. The Hall–Kier alpha value is -5.61. The third-order valence-electron chi connectivity index (χ3n) is 11.5. The van der Waals surface area contributed by atoms with Crippen LogP contribution in [-0.4, -0.2) is 16.5 Å². The first-order chi connectivity index (χ1) is 25.2. The molecule has 4 nitrogen and oxygen atoms in total. The van der Waals surface area contributed by atoms with E-state index >= 15 is 0 Å². The van der Waals surface area contributed by atoms with Gasteiger partial charge in [-0.3, -0.25) is 0 Å². The van der Waals surface area contributed by atoms with Gasteiger partial charge in [-0.15, -0.1) is 0 Å². The van der Waals surface area contributed by atoms with E-state index in [9.17, 15) is 0 Å². The van der Waals surface area contributed by atoms with Gasteiger partial charge in [-0.2, -0.15) is 0 Å².